The normalized spacial score (nSPS) is 16.5. The van der Waals surface area contributed by atoms with Gasteiger partial charge in [0.1, 0.15) is 0 Å². The van der Waals surface area contributed by atoms with Crippen LogP contribution in [0.25, 0.3) is 0 Å². The van der Waals surface area contributed by atoms with Gasteiger partial charge in [0.2, 0.25) is 5.91 Å². The summed E-state index contributed by atoms with van der Waals surface area (Å²) in [4.78, 5) is 25.4. The Hall–Kier alpha value is -1.06. The molecule has 0 unspecified atom stereocenters. The number of nitrogens with zero attached hydrogens (tertiary/aromatic N) is 1. The molecule has 0 radical (unpaired) electrons. The van der Waals surface area contributed by atoms with Crippen LogP contribution < -0.4 is 0 Å². The fraction of sp³-hybridized carbons (Fsp3) is 0.429. The molecule has 5 heteroatoms. The summed E-state index contributed by atoms with van der Waals surface area (Å²) in [5.74, 6) is 0.0505. The number of halogens is 2. The number of hydrogen-bond donors (Lipinski definition) is 0. The summed E-state index contributed by atoms with van der Waals surface area (Å²) in [5.41, 5.74) is 0.521. The fourth-order valence-electron chi connectivity index (χ4n) is 2.37. The van der Waals surface area contributed by atoms with E-state index in [4.69, 9.17) is 23.2 Å². The number of Topliss-reactive ketones (excluding diaryl/α,β-unsaturated/α-hetero) is 1. The fourth-order valence-corrected chi connectivity index (χ4v) is 2.87. The van der Waals surface area contributed by atoms with E-state index in [2.05, 4.69) is 0 Å². The molecule has 1 aromatic rings. The second-order valence-electron chi connectivity index (χ2n) is 4.77. The van der Waals surface area contributed by atoms with Gasteiger partial charge in [-0.25, -0.2) is 0 Å². The molecule has 19 heavy (non-hydrogen) atoms. The largest absolute Gasteiger partial charge is 0.343 e. The maximum Gasteiger partial charge on any atom is 0.219 e. The van der Waals surface area contributed by atoms with Crippen LogP contribution in [0.2, 0.25) is 10.0 Å². The maximum atomic E-state index is 12.4. The van der Waals surface area contributed by atoms with Gasteiger partial charge in [0.05, 0.1) is 5.02 Å². The summed E-state index contributed by atoms with van der Waals surface area (Å²) in [7, 11) is 0. The Balaban J connectivity index is 2.07. The highest BCUT2D eigenvalue weighted by molar-refractivity contribution is 6.36. The van der Waals surface area contributed by atoms with E-state index in [-0.39, 0.29) is 17.6 Å². The lowest BCUT2D eigenvalue weighted by molar-refractivity contribution is -0.130. The molecule has 1 amide bonds. The van der Waals surface area contributed by atoms with Crippen molar-refractivity contribution in [1.82, 2.24) is 4.90 Å². The third-order valence-corrected chi connectivity index (χ3v) is 4.06. The molecular weight excluding hydrogens is 285 g/mol. The number of benzene rings is 1. The van der Waals surface area contributed by atoms with E-state index in [0.29, 0.717) is 41.5 Å². The first-order chi connectivity index (χ1) is 8.99. The Labute approximate surface area is 122 Å². The van der Waals surface area contributed by atoms with Crippen LogP contribution in [0.4, 0.5) is 0 Å². The number of piperidine rings is 1. The predicted octanol–water partition coefficient (Wildman–Crippen LogP) is 3.43. The van der Waals surface area contributed by atoms with Crippen molar-refractivity contribution < 1.29 is 9.59 Å². The minimum Gasteiger partial charge on any atom is -0.343 e. The zero-order chi connectivity index (χ0) is 14.0. The molecule has 0 aromatic heterocycles. The van der Waals surface area contributed by atoms with Crippen molar-refractivity contribution in [2.75, 3.05) is 13.1 Å². The molecule has 0 spiro atoms. The molecule has 0 saturated carbocycles. The third kappa shape index (κ3) is 3.28. The molecule has 2 rings (SSSR count). The van der Waals surface area contributed by atoms with E-state index >= 15 is 0 Å². The molecule has 1 heterocycles. The Bertz CT molecular complexity index is 508. The van der Waals surface area contributed by atoms with Crippen LogP contribution in [0.5, 0.6) is 0 Å². The first-order valence-corrected chi connectivity index (χ1v) is 6.99. The van der Waals surface area contributed by atoms with Crippen molar-refractivity contribution in [2.24, 2.45) is 5.92 Å². The molecule has 1 fully saturated rings. The smallest absolute Gasteiger partial charge is 0.219 e. The topological polar surface area (TPSA) is 37.4 Å². The molecule has 1 saturated heterocycles. The van der Waals surface area contributed by atoms with Crippen LogP contribution in [0.1, 0.15) is 30.1 Å². The quantitative estimate of drug-likeness (QED) is 0.785. The molecule has 1 aliphatic rings. The summed E-state index contributed by atoms with van der Waals surface area (Å²) in [5, 5.41) is 0.916. The monoisotopic (exact) mass is 299 g/mol. The standard InChI is InChI=1S/C14H15Cl2NO2/c1-9(18)17-6-4-10(5-7-17)14(19)12-3-2-11(15)8-13(12)16/h2-3,8,10H,4-7H2,1H3. The Morgan fingerprint density at radius 3 is 2.37 bits per heavy atom. The Morgan fingerprint density at radius 1 is 1.21 bits per heavy atom. The molecule has 1 aliphatic heterocycles. The van der Waals surface area contributed by atoms with E-state index in [1.54, 1.807) is 30.0 Å². The summed E-state index contributed by atoms with van der Waals surface area (Å²) in [6.07, 6.45) is 1.38. The van der Waals surface area contributed by atoms with Crippen molar-refractivity contribution in [3.05, 3.63) is 33.8 Å². The van der Waals surface area contributed by atoms with Crippen molar-refractivity contribution in [3.8, 4) is 0 Å². The summed E-state index contributed by atoms with van der Waals surface area (Å²) in [6, 6.07) is 4.93. The average molecular weight is 300 g/mol. The predicted molar refractivity (Wildman–Crippen MR) is 75.8 cm³/mol. The van der Waals surface area contributed by atoms with Crippen molar-refractivity contribution >= 4 is 34.9 Å². The summed E-state index contributed by atoms with van der Waals surface area (Å²) < 4.78 is 0. The zero-order valence-corrected chi connectivity index (χ0v) is 12.2. The van der Waals surface area contributed by atoms with E-state index < -0.39 is 0 Å². The number of amides is 1. The van der Waals surface area contributed by atoms with Gasteiger partial charge in [-0.05, 0) is 31.0 Å². The maximum absolute atomic E-state index is 12.4. The molecule has 0 bridgehead atoms. The second-order valence-corrected chi connectivity index (χ2v) is 5.61. The minimum atomic E-state index is -0.0609. The van der Waals surface area contributed by atoms with Crippen molar-refractivity contribution in [2.45, 2.75) is 19.8 Å². The number of likely N-dealkylation sites (tertiary alicyclic amines) is 1. The van der Waals surface area contributed by atoms with Gasteiger partial charge in [0.25, 0.3) is 0 Å². The molecule has 102 valence electrons. The molecule has 0 atom stereocenters. The van der Waals surface area contributed by atoms with Gasteiger partial charge in [-0.15, -0.1) is 0 Å². The van der Waals surface area contributed by atoms with E-state index in [9.17, 15) is 9.59 Å². The van der Waals surface area contributed by atoms with Gasteiger partial charge in [0, 0.05) is 36.5 Å². The van der Waals surface area contributed by atoms with Gasteiger partial charge >= 0.3 is 0 Å². The highest BCUT2D eigenvalue weighted by Crippen LogP contribution is 2.27. The second kappa shape index (κ2) is 5.93. The lowest BCUT2D eigenvalue weighted by Gasteiger charge is -2.30. The number of rotatable bonds is 2. The van der Waals surface area contributed by atoms with Gasteiger partial charge in [-0.1, -0.05) is 23.2 Å². The van der Waals surface area contributed by atoms with Gasteiger partial charge < -0.3 is 4.90 Å². The van der Waals surface area contributed by atoms with Crippen LogP contribution in [0.3, 0.4) is 0 Å². The average Bonchev–Trinajstić information content (AvgIpc) is 2.38. The van der Waals surface area contributed by atoms with E-state index in [0.717, 1.165) is 0 Å². The summed E-state index contributed by atoms with van der Waals surface area (Å²) in [6.45, 7) is 2.83. The van der Waals surface area contributed by atoms with Gasteiger partial charge in [-0.2, -0.15) is 0 Å². The lowest BCUT2D eigenvalue weighted by atomic mass is 9.89. The molecule has 3 nitrogen and oxygen atoms in total. The van der Waals surface area contributed by atoms with Gasteiger partial charge in [-0.3, -0.25) is 9.59 Å². The first kappa shape index (κ1) is 14.4. The number of ketones is 1. The molecule has 0 aliphatic carbocycles. The Kier molecular flexibility index (Phi) is 4.48. The van der Waals surface area contributed by atoms with Crippen LogP contribution >= 0.6 is 23.2 Å². The molecule has 1 aromatic carbocycles. The first-order valence-electron chi connectivity index (χ1n) is 6.24. The lowest BCUT2D eigenvalue weighted by Crippen LogP contribution is -2.39. The van der Waals surface area contributed by atoms with Gasteiger partial charge in [0.15, 0.2) is 5.78 Å². The number of carbonyl (C=O) groups excluding carboxylic acids is 2. The summed E-state index contributed by atoms with van der Waals surface area (Å²) >= 11 is 11.9. The van der Waals surface area contributed by atoms with Crippen LogP contribution in [-0.2, 0) is 4.79 Å². The highest BCUT2D eigenvalue weighted by Gasteiger charge is 2.27. The third-order valence-electron chi connectivity index (χ3n) is 3.51. The van der Waals surface area contributed by atoms with Crippen molar-refractivity contribution in [3.63, 3.8) is 0 Å². The van der Waals surface area contributed by atoms with Crippen molar-refractivity contribution in [1.29, 1.82) is 0 Å². The van der Waals surface area contributed by atoms with Crippen LogP contribution in [-0.4, -0.2) is 29.7 Å². The Morgan fingerprint density at radius 2 is 1.84 bits per heavy atom. The van der Waals surface area contributed by atoms with E-state index in [1.165, 1.54) is 0 Å². The zero-order valence-electron chi connectivity index (χ0n) is 10.7. The number of carbonyl (C=O) groups is 2. The molecule has 0 N–H and O–H groups in total. The highest BCUT2D eigenvalue weighted by atomic mass is 35.5. The van der Waals surface area contributed by atoms with Crippen LogP contribution in [0.15, 0.2) is 18.2 Å². The SMILES string of the molecule is CC(=O)N1CCC(C(=O)c2ccc(Cl)cc2Cl)CC1. The number of hydrogen-bond acceptors (Lipinski definition) is 2. The minimum absolute atomic E-state index is 0.0462. The van der Waals surface area contributed by atoms with Crippen LogP contribution in [0, 0.1) is 5.92 Å². The van der Waals surface area contributed by atoms with E-state index in [1.807, 2.05) is 0 Å². The molecular formula is C14H15Cl2NO2.